The van der Waals surface area contributed by atoms with Crippen molar-refractivity contribution in [3.63, 3.8) is 0 Å². The van der Waals surface area contributed by atoms with Crippen molar-refractivity contribution in [2.75, 3.05) is 20.3 Å². The molecule has 2 N–H and O–H groups in total. The number of para-hydroxylation sites is 2. The average Bonchev–Trinajstić information content (AvgIpc) is 2.65. The zero-order valence-electron chi connectivity index (χ0n) is 15.1. The number of hydrogen-bond donors (Lipinski definition) is 2. The Morgan fingerprint density at radius 1 is 1.19 bits per heavy atom. The number of halogens is 1. The third kappa shape index (κ3) is 5.27. The van der Waals surface area contributed by atoms with Crippen molar-refractivity contribution in [2.24, 2.45) is 0 Å². The lowest BCUT2D eigenvalue weighted by Crippen LogP contribution is -2.46. The average molecular weight is 380 g/mol. The maximum atomic E-state index is 10.4. The van der Waals surface area contributed by atoms with Gasteiger partial charge >= 0.3 is 0 Å². The lowest BCUT2D eigenvalue weighted by molar-refractivity contribution is -0.00993. The highest BCUT2D eigenvalue weighted by molar-refractivity contribution is 5.85. The zero-order valence-corrected chi connectivity index (χ0v) is 15.9. The standard InChI is InChI=1S/C20H25NO4.ClH/c1-14(10-15-6-5-7-16(11-15)23-2)21-12-17(22)20-13-24-18-8-3-4-9-19(18)25-20;/h3-9,11,14,17,20-22H,10,12-13H2,1-2H3;1H. The second-order valence-corrected chi connectivity index (χ2v) is 6.35. The van der Waals surface area contributed by atoms with Crippen molar-refractivity contribution in [2.45, 2.75) is 31.6 Å². The van der Waals surface area contributed by atoms with Crippen LogP contribution < -0.4 is 19.5 Å². The van der Waals surface area contributed by atoms with E-state index in [2.05, 4.69) is 18.3 Å². The summed E-state index contributed by atoms with van der Waals surface area (Å²) >= 11 is 0. The van der Waals surface area contributed by atoms with Crippen LogP contribution in [0.15, 0.2) is 48.5 Å². The molecular formula is C20H26ClNO4. The molecule has 3 rings (SSSR count). The highest BCUT2D eigenvalue weighted by Gasteiger charge is 2.27. The Morgan fingerprint density at radius 3 is 2.73 bits per heavy atom. The molecule has 3 atom stereocenters. The molecular weight excluding hydrogens is 354 g/mol. The first-order valence-corrected chi connectivity index (χ1v) is 8.58. The summed E-state index contributed by atoms with van der Waals surface area (Å²) < 4.78 is 16.8. The van der Waals surface area contributed by atoms with Crippen molar-refractivity contribution < 1.29 is 19.3 Å². The SMILES string of the molecule is COc1cccc(CC(C)NCC(O)C2COc3ccccc3O2)c1.Cl. The molecule has 0 radical (unpaired) electrons. The normalized spacial score (nSPS) is 17.7. The Bertz CT molecular complexity index is 697. The van der Waals surface area contributed by atoms with E-state index >= 15 is 0 Å². The summed E-state index contributed by atoms with van der Waals surface area (Å²) in [7, 11) is 1.67. The van der Waals surface area contributed by atoms with Gasteiger partial charge in [-0.15, -0.1) is 12.4 Å². The van der Waals surface area contributed by atoms with Gasteiger partial charge in [-0.1, -0.05) is 24.3 Å². The van der Waals surface area contributed by atoms with Gasteiger partial charge in [-0.05, 0) is 43.2 Å². The van der Waals surface area contributed by atoms with E-state index < -0.39 is 6.10 Å². The van der Waals surface area contributed by atoms with E-state index in [1.54, 1.807) is 7.11 Å². The van der Waals surface area contributed by atoms with Gasteiger partial charge in [0.2, 0.25) is 0 Å². The van der Waals surface area contributed by atoms with Gasteiger partial charge in [0.05, 0.1) is 7.11 Å². The van der Waals surface area contributed by atoms with Crippen LogP contribution >= 0.6 is 12.4 Å². The van der Waals surface area contributed by atoms with E-state index in [0.717, 1.165) is 17.9 Å². The van der Waals surface area contributed by atoms with E-state index in [0.29, 0.717) is 18.9 Å². The lowest BCUT2D eigenvalue weighted by Gasteiger charge is -2.30. The number of hydrogen-bond acceptors (Lipinski definition) is 5. The van der Waals surface area contributed by atoms with Crippen molar-refractivity contribution in [1.82, 2.24) is 5.32 Å². The maximum Gasteiger partial charge on any atom is 0.161 e. The van der Waals surface area contributed by atoms with E-state index in [1.165, 1.54) is 5.56 Å². The lowest BCUT2D eigenvalue weighted by atomic mass is 10.1. The van der Waals surface area contributed by atoms with Crippen molar-refractivity contribution in [1.29, 1.82) is 0 Å². The molecule has 3 unspecified atom stereocenters. The maximum absolute atomic E-state index is 10.4. The van der Waals surface area contributed by atoms with Crippen LogP contribution in [0.3, 0.4) is 0 Å². The Labute approximate surface area is 160 Å². The van der Waals surface area contributed by atoms with Gasteiger partial charge < -0.3 is 24.6 Å². The summed E-state index contributed by atoms with van der Waals surface area (Å²) in [4.78, 5) is 0. The number of aliphatic hydroxyl groups is 1. The van der Waals surface area contributed by atoms with Gasteiger partial charge in [-0.2, -0.15) is 0 Å². The zero-order chi connectivity index (χ0) is 17.6. The Balaban J connectivity index is 0.00000243. The summed E-state index contributed by atoms with van der Waals surface area (Å²) in [6, 6.07) is 15.8. The molecule has 6 heteroatoms. The monoisotopic (exact) mass is 379 g/mol. The minimum atomic E-state index is -0.638. The Morgan fingerprint density at radius 2 is 1.96 bits per heavy atom. The fraction of sp³-hybridized carbons (Fsp3) is 0.400. The molecule has 5 nitrogen and oxygen atoms in total. The van der Waals surface area contributed by atoms with Crippen LogP contribution in [0.1, 0.15) is 12.5 Å². The molecule has 2 aromatic carbocycles. The molecule has 0 amide bonds. The van der Waals surface area contributed by atoms with Crippen molar-refractivity contribution >= 4 is 12.4 Å². The molecule has 0 fully saturated rings. The molecule has 1 aliphatic heterocycles. The van der Waals surface area contributed by atoms with Gasteiger partial charge in [0.15, 0.2) is 17.6 Å². The molecule has 0 aliphatic carbocycles. The molecule has 142 valence electrons. The second-order valence-electron chi connectivity index (χ2n) is 6.35. The van der Waals surface area contributed by atoms with Crippen LogP contribution in [-0.2, 0) is 6.42 Å². The van der Waals surface area contributed by atoms with Gasteiger partial charge in [0.25, 0.3) is 0 Å². The first-order valence-electron chi connectivity index (χ1n) is 8.58. The Hall–Kier alpha value is -1.95. The molecule has 0 spiro atoms. The van der Waals surface area contributed by atoms with E-state index in [4.69, 9.17) is 14.2 Å². The number of rotatable bonds is 7. The number of fused-ring (bicyclic) bond motifs is 1. The predicted molar refractivity (Wildman–Crippen MR) is 104 cm³/mol. The van der Waals surface area contributed by atoms with E-state index in [-0.39, 0.29) is 24.6 Å². The highest BCUT2D eigenvalue weighted by Crippen LogP contribution is 2.31. The predicted octanol–water partition coefficient (Wildman–Crippen LogP) is 2.84. The highest BCUT2D eigenvalue weighted by atomic mass is 35.5. The van der Waals surface area contributed by atoms with Gasteiger partial charge in [-0.3, -0.25) is 0 Å². The molecule has 1 aliphatic rings. The first kappa shape index (κ1) is 20.4. The summed E-state index contributed by atoms with van der Waals surface area (Å²) in [5.74, 6) is 2.27. The number of ether oxygens (including phenoxy) is 3. The summed E-state index contributed by atoms with van der Waals surface area (Å²) in [5, 5.41) is 13.8. The smallest absolute Gasteiger partial charge is 0.161 e. The van der Waals surface area contributed by atoms with Crippen molar-refractivity contribution in [3.8, 4) is 17.2 Å². The first-order chi connectivity index (χ1) is 12.2. The second kappa shape index (κ2) is 9.67. The topological polar surface area (TPSA) is 60.0 Å². The number of aliphatic hydroxyl groups excluding tert-OH is 1. The quantitative estimate of drug-likeness (QED) is 0.774. The molecule has 2 aromatic rings. The van der Waals surface area contributed by atoms with Crippen LogP contribution in [0.4, 0.5) is 0 Å². The Kier molecular flexibility index (Phi) is 7.57. The minimum Gasteiger partial charge on any atom is -0.497 e. The fourth-order valence-electron chi connectivity index (χ4n) is 2.90. The van der Waals surface area contributed by atoms with Crippen LogP contribution in [0.5, 0.6) is 17.2 Å². The largest absolute Gasteiger partial charge is 0.497 e. The van der Waals surface area contributed by atoms with Gasteiger partial charge in [-0.25, -0.2) is 0 Å². The van der Waals surface area contributed by atoms with E-state index in [9.17, 15) is 5.11 Å². The van der Waals surface area contributed by atoms with Crippen molar-refractivity contribution in [3.05, 3.63) is 54.1 Å². The van der Waals surface area contributed by atoms with Gasteiger partial charge in [0.1, 0.15) is 18.5 Å². The van der Waals surface area contributed by atoms with E-state index in [1.807, 2.05) is 42.5 Å². The molecule has 0 saturated heterocycles. The van der Waals surface area contributed by atoms with Crippen LogP contribution in [0.2, 0.25) is 0 Å². The van der Waals surface area contributed by atoms with Crippen LogP contribution in [0, 0.1) is 0 Å². The molecule has 0 aromatic heterocycles. The number of benzene rings is 2. The summed E-state index contributed by atoms with van der Waals surface area (Å²) in [5.41, 5.74) is 1.19. The molecule has 26 heavy (non-hydrogen) atoms. The third-order valence-electron chi connectivity index (χ3n) is 4.31. The van der Waals surface area contributed by atoms with Gasteiger partial charge in [0, 0.05) is 12.6 Å². The van der Waals surface area contributed by atoms with Crippen LogP contribution in [-0.4, -0.2) is 43.6 Å². The molecule has 0 bridgehead atoms. The number of methoxy groups -OCH3 is 1. The summed E-state index contributed by atoms with van der Waals surface area (Å²) in [6.07, 6.45) is -0.151. The fourth-order valence-corrected chi connectivity index (χ4v) is 2.90. The third-order valence-corrected chi connectivity index (χ3v) is 4.31. The van der Waals surface area contributed by atoms with Crippen LogP contribution in [0.25, 0.3) is 0 Å². The number of nitrogens with one attached hydrogen (secondary N) is 1. The molecule has 1 heterocycles. The minimum absolute atomic E-state index is 0. The summed E-state index contributed by atoms with van der Waals surface area (Å²) in [6.45, 7) is 2.89. The molecule has 0 saturated carbocycles.